The normalized spacial score (nSPS) is 26.8. The van der Waals surface area contributed by atoms with Crippen LogP contribution in [-0.2, 0) is 0 Å². The summed E-state index contributed by atoms with van der Waals surface area (Å²) < 4.78 is 5.37. The number of likely N-dealkylation sites (tertiary alicyclic amines) is 1. The average molecular weight is 290 g/mol. The molecule has 1 saturated heterocycles. The highest BCUT2D eigenvalue weighted by atomic mass is 16.5. The molecule has 1 amide bonds. The lowest BCUT2D eigenvalue weighted by atomic mass is 9.85. The highest BCUT2D eigenvalue weighted by molar-refractivity contribution is 5.90. The standard InChI is InChI=1S/C15H22N4O2/c20-14(16-11-6-7-11)13-17-15(21-18-13)12-5-2-8-19(12)9-10-3-1-4-10/h10-12H,1-9H2,(H,16,20)/t12-/m1/s1. The van der Waals surface area contributed by atoms with Gasteiger partial charge in [0.1, 0.15) is 0 Å². The van der Waals surface area contributed by atoms with E-state index in [2.05, 4.69) is 20.4 Å². The van der Waals surface area contributed by atoms with E-state index in [0.717, 1.165) is 38.3 Å². The third-order valence-electron chi connectivity index (χ3n) is 4.92. The summed E-state index contributed by atoms with van der Waals surface area (Å²) in [5, 5.41) is 6.76. The van der Waals surface area contributed by atoms with E-state index in [9.17, 15) is 4.79 Å². The fourth-order valence-electron chi connectivity index (χ4n) is 3.27. The molecule has 114 valence electrons. The number of nitrogens with zero attached hydrogens (tertiary/aromatic N) is 3. The number of carbonyl (C=O) groups excluding carboxylic acids is 1. The first-order chi connectivity index (χ1) is 10.3. The van der Waals surface area contributed by atoms with Crippen molar-refractivity contribution < 1.29 is 9.32 Å². The zero-order chi connectivity index (χ0) is 14.2. The van der Waals surface area contributed by atoms with Crippen LogP contribution < -0.4 is 5.32 Å². The van der Waals surface area contributed by atoms with Gasteiger partial charge >= 0.3 is 0 Å². The molecule has 0 aromatic carbocycles. The van der Waals surface area contributed by atoms with Crippen LogP contribution in [0.1, 0.15) is 67.5 Å². The van der Waals surface area contributed by atoms with Gasteiger partial charge in [-0.3, -0.25) is 9.69 Å². The van der Waals surface area contributed by atoms with Crippen molar-refractivity contribution in [3.05, 3.63) is 11.7 Å². The number of hydrogen-bond donors (Lipinski definition) is 1. The highest BCUT2D eigenvalue weighted by Gasteiger charge is 2.34. The first-order valence-electron chi connectivity index (χ1n) is 8.18. The van der Waals surface area contributed by atoms with E-state index in [-0.39, 0.29) is 17.8 Å². The molecular formula is C15H22N4O2. The molecule has 4 rings (SSSR count). The predicted octanol–water partition coefficient (Wildman–Crippen LogP) is 1.90. The molecular weight excluding hydrogens is 268 g/mol. The van der Waals surface area contributed by atoms with Crippen molar-refractivity contribution in [2.45, 2.75) is 57.0 Å². The molecule has 1 N–H and O–H groups in total. The number of hydrogen-bond acceptors (Lipinski definition) is 5. The molecule has 3 fully saturated rings. The Bertz CT molecular complexity index is 521. The Balaban J connectivity index is 1.42. The van der Waals surface area contributed by atoms with Gasteiger partial charge in [0.2, 0.25) is 5.89 Å². The summed E-state index contributed by atoms with van der Waals surface area (Å²) in [5.41, 5.74) is 0. The SMILES string of the molecule is O=C(NC1CC1)c1noc([C@H]2CCCN2CC2CCC2)n1. The topological polar surface area (TPSA) is 71.3 Å². The molecule has 6 heteroatoms. The highest BCUT2D eigenvalue weighted by Crippen LogP contribution is 2.35. The average Bonchev–Trinajstić information content (AvgIpc) is 2.94. The molecule has 2 heterocycles. The van der Waals surface area contributed by atoms with Crippen LogP contribution in [-0.4, -0.2) is 40.1 Å². The molecule has 2 saturated carbocycles. The summed E-state index contributed by atoms with van der Waals surface area (Å²) >= 11 is 0. The first-order valence-corrected chi connectivity index (χ1v) is 8.18. The van der Waals surface area contributed by atoms with Gasteiger partial charge in [-0.2, -0.15) is 4.98 Å². The fourth-order valence-corrected chi connectivity index (χ4v) is 3.27. The van der Waals surface area contributed by atoms with E-state index in [1.165, 1.54) is 25.7 Å². The van der Waals surface area contributed by atoms with Crippen LogP contribution in [0, 0.1) is 5.92 Å². The van der Waals surface area contributed by atoms with Crippen LogP contribution in [0.25, 0.3) is 0 Å². The van der Waals surface area contributed by atoms with Crippen LogP contribution in [0.5, 0.6) is 0 Å². The maximum Gasteiger partial charge on any atom is 0.292 e. The summed E-state index contributed by atoms with van der Waals surface area (Å²) in [6, 6.07) is 0.529. The molecule has 2 aliphatic carbocycles. The Morgan fingerprint density at radius 1 is 1.24 bits per heavy atom. The van der Waals surface area contributed by atoms with E-state index in [0.29, 0.717) is 11.9 Å². The minimum absolute atomic E-state index is 0.187. The molecule has 0 spiro atoms. The van der Waals surface area contributed by atoms with Crippen LogP contribution in [0.15, 0.2) is 4.52 Å². The van der Waals surface area contributed by atoms with Crippen LogP contribution in [0.4, 0.5) is 0 Å². The van der Waals surface area contributed by atoms with Gasteiger partial charge in [0, 0.05) is 12.6 Å². The van der Waals surface area contributed by atoms with E-state index in [4.69, 9.17) is 4.52 Å². The second-order valence-electron chi connectivity index (χ2n) is 6.65. The molecule has 1 aliphatic heterocycles. The number of nitrogens with one attached hydrogen (secondary N) is 1. The maximum atomic E-state index is 11.9. The molecule has 0 bridgehead atoms. The monoisotopic (exact) mass is 290 g/mol. The molecule has 1 aromatic rings. The zero-order valence-corrected chi connectivity index (χ0v) is 12.3. The lowest BCUT2D eigenvalue weighted by molar-refractivity contribution is 0.0937. The summed E-state index contributed by atoms with van der Waals surface area (Å²) in [4.78, 5) is 18.7. The Labute approximate surface area is 124 Å². The van der Waals surface area contributed by atoms with Gasteiger partial charge in [0.25, 0.3) is 11.7 Å². The van der Waals surface area contributed by atoms with E-state index < -0.39 is 0 Å². The summed E-state index contributed by atoms with van der Waals surface area (Å²) in [7, 11) is 0. The van der Waals surface area contributed by atoms with Gasteiger partial charge in [-0.15, -0.1) is 0 Å². The Morgan fingerprint density at radius 3 is 2.81 bits per heavy atom. The molecule has 6 nitrogen and oxygen atoms in total. The lowest BCUT2D eigenvalue weighted by Crippen LogP contribution is -2.32. The predicted molar refractivity (Wildman–Crippen MR) is 75.7 cm³/mol. The van der Waals surface area contributed by atoms with Crippen LogP contribution in [0.2, 0.25) is 0 Å². The first kappa shape index (κ1) is 13.2. The van der Waals surface area contributed by atoms with Crippen molar-refractivity contribution in [1.82, 2.24) is 20.4 Å². The quantitative estimate of drug-likeness (QED) is 0.896. The molecule has 1 aromatic heterocycles. The zero-order valence-electron chi connectivity index (χ0n) is 12.3. The van der Waals surface area contributed by atoms with E-state index >= 15 is 0 Å². The number of amides is 1. The summed E-state index contributed by atoms with van der Waals surface area (Å²) in [5.74, 6) is 1.45. The van der Waals surface area contributed by atoms with Gasteiger partial charge in [-0.25, -0.2) is 0 Å². The molecule has 0 unspecified atom stereocenters. The minimum Gasteiger partial charge on any atom is -0.346 e. The Kier molecular flexibility index (Phi) is 3.41. The van der Waals surface area contributed by atoms with Crippen LogP contribution in [0.3, 0.4) is 0 Å². The van der Waals surface area contributed by atoms with Crippen molar-refractivity contribution >= 4 is 5.91 Å². The van der Waals surface area contributed by atoms with Gasteiger partial charge in [-0.05, 0) is 51.0 Å². The van der Waals surface area contributed by atoms with Gasteiger partial charge in [0.15, 0.2) is 0 Å². The van der Waals surface area contributed by atoms with Gasteiger partial charge in [0.05, 0.1) is 6.04 Å². The minimum atomic E-state index is -0.198. The Morgan fingerprint density at radius 2 is 2.10 bits per heavy atom. The molecule has 3 aliphatic rings. The van der Waals surface area contributed by atoms with Gasteiger partial charge < -0.3 is 9.84 Å². The largest absolute Gasteiger partial charge is 0.346 e. The number of rotatable bonds is 5. The summed E-state index contributed by atoms with van der Waals surface area (Å²) in [6.07, 6.45) is 8.42. The second-order valence-corrected chi connectivity index (χ2v) is 6.65. The third-order valence-corrected chi connectivity index (χ3v) is 4.92. The second kappa shape index (κ2) is 5.40. The maximum absolute atomic E-state index is 11.9. The van der Waals surface area contributed by atoms with E-state index in [1.54, 1.807) is 0 Å². The smallest absolute Gasteiger partial charge is 0.292 e. The number of carbonyl (C=O) groups is 1. The summed E-state index contributed by atoms with van der Waals surface area (Å²) in [6.45, 7) is 2.24. The molecule has 0 radical (unpaired) electrons. The molecule has 1 atom stereocenters. The Hall–Kier alpha value is -1.43. The van der Waals surface area contributed by atoms with Crippen molar-refractivity contribution in [3.63, 3.8) is 0 Å². The van der Waals surface area contributed by atoms with Crippen molar-refractivity contribution in [3.8, 4) is 0 Å². The number of aromatic nitrogens is 2. The molecule has 21 heavy (non-hydrogen) atoms. The third kappa shape index (κ3) is 2.81. The van der Waals surface area contributed by atoms with Gasteiger partial charge in [-0.1, -0.05) is 11.6 Å². The lowest BCUT2D eigenvalue weighted by Gasteiger charge is -2.32. The fraction of sp³-hybridized carbons (Fsp3) is 0.800. The van der Waals surface area contributed by atoms with E-state index in [1.807, 2.05) is 0 Å². The van der Waals surface area contributed by atoms with Crippen molar-refractivity contribution in [1.29, 1.82) is 0 Å². The van der Waals surface area contributed by atoms with Crippen LogP contribution >= 0.6 is 0 Å². The van der Waals surface area contributed by atoms with Crippen molar-refractivity contribution in [2.75, 3.05) is 13.1 Å². The van der Waals surface area contributed by atoms with Crippen molar-refractivity contribution in [2.24, 2.45) is 5.92 Å².